The molecule has 576 valence electrons. The molecule has 0 aliphatic rings. The molecule has 0 saturated carbocycles. The van der Waals surface area contributed by atoms with Gasteiger partial charge in [-0.1, -0.05) is 362 Å². The van der Waals surface area contributed by atoms with Crippen LogP contribution in [0.4, 0.5) is 0 Å². The lowest BCUT2D eigenvalue weighted by molar-refractivity contribution is -0.161. The van der Waals surface area contributed by atoms with Gasteiger partial charge in [-0.15, -0.1) is 0 Å². The number of carbonyl (C=O) groups is 4. The smallest absolute Gasteiger partial charge is 0.462 e. The molecule has 97 heavy (non-hydrogen) atoms. The highest BCUT2D eigenvalue weighted by molar-refractivity contribution is 7.47. The Kier molecular flexibility index (Phi) is 69.6. The Bertz CT molecular complexity index is 1860. The van der Waals surface area contributed by atoms with E-state index in [1.54, 1.807) is 0 Å². The van der Waals surface area contributed by atoms with Crippen molar-refractivity contribution in [1.29, 1.82) is 0 Å². The third kappa shape index (κ3) is 72.2. The van der Waals surface area contributed by atoms with Crippen LogP contribution in [0.5, 0.6) is 0 Å². The highest BCUT2D eigenvalue weighted by Crippen LogP contribution is 2.45. The summed E-state index contributed by atoms with van der Waals surface area (Å²) in [5.41, 5.74) is 0. The molecule has 0 radical (unpaired) electrons. The number of rotatable bonds is 78. The van der Waals surface area contributed by atoms with Gasteiger partial charge in [0.05, 0.1) is 26.4 Å². The molecule has 0 aromatic heterocycles. The van der Waals surface area contributed by atoms with Crippen molar-refractivity contribution in [3.05, 3.63) is 0 Å². The van der Waals surface area contributed by atoms with Gasteiger partial charge in [-0.25, -0.2) is 9.13 Å². The van der Waals surface area contributed by atoms with Gasteiger partial charge in [-0.3, -0.25) is 37.3 Å². The van der Waals surface area contributed by atoms with Crippen LogP contribution < -0.4 is 0 Å². The Morgan fingerprint density at radius 3 is 0.701 bits per heavy atom. The van der Waals surface area contributed by atoms with Crippen LogP contribution >= 0.6 is 15.6 Å². The molecule has 0 aliphatic heterocycles. The molecule has 0 amide bonds. The predicted octanol–water partition coefficient (Wildman–Crippen LogP) is 23.3. The SMILES string of the molecule is CCCCCCCCCCCCCCCCCCCCCCC(=O)O[C@H](COC(=O)CCCCCCCCCCCCCC(C)C)COP(=O)(O)OC[C@@H](O)COP(=O)(O)OC[C@@H](COC(=O)CCCCCCCCCCCC)OC(=O)CCCCCCCCCCCCCCC. The van der Waals surface area contributed by atoms with Crippen molar-refractivity contribution >= 4 is 39.5 Å². The summed E-state index contributed by atoms with van der Waals surface area (Å²) >= 11 is 0. The molecule has 17 nitrogen and oxygen atoms in total. The average molecular weight is 1420 g/mol. The molecule has 3 N–H and O–H groups in total. The van der Waals surface area contributed by atoms with Crippen LogP contribution in [0.1, 0.15) is 413 Å². The molecule has 0 spiro atoms. The van der Waals surface area contributed by atoms with E-state index < -0.39 is 97.5 Å². The van der Waals surface area contributed by atoms with Crippen molar-refractivity contribution < 1.29 is 80.2 Å². The van der Waals surface area contributed by atoms with E-state index in [2.05, 4.69) is 34.6 Å². The van der Waals surface area contributed by atoms with Crippen molar-refractivity contribution in [3.63, 3.8) is 0 Å². The van der Waals surface area contributed by atoms with Crippen LogP contribution in [0.3, 0.4) is 0 Å². The summed E-state index contributed by atoms with van der Waals surface area (Å²) in [5.74, 6) is -1.34. The minimum Gasteiger partial charge on any atom is -0.462 e. The van der Waals surface area contributed by atoms with Crippen LogP contribution in [-0.2, 0) is 65.4 Å². The zero-order valence-electron chi connectivity index (χ0n) is 63.2. The highest BCUT2D eigenvalue weighted by atomic mass is 31.2. The van der Waals surface area contributed by atoms with E-state index in [0.29, 0.717) is 25.7 Å². The second-order valence-corrected chi connectivity index (χ2v) is 31.5. The number of hydrogen-bond acceptors (Lipinski definition) is 15. The number of esters is 4. The van der Waals surface area contributed by atoms with E-state index >= 15 is 0 Å². The first-order chi connectivity index (χ1) is 47.0. The fourth-order valence-corrected chi connectivity index (χ4v) is 13.6. The van der Waals surface area contributed by atoms with Gasteiger partial charge in [0.15, 0.2) is 12.2 Å². The van der Waals surface area contributed by atoms with Gasteiger partial charge >= 0.3 is 39.5 Å². The molecule has 5 atom stereocenters. The van der Waals surface area contributed by atoms with Crippen LogP contribution in [0.25, 0.3) is 0 Å². The fourth-order valence-electron chi connectivity index (χ4n) is 12.1. The second-order valence-electron chi connectivity index (χ2n) is 28.6. The average Bonchev–Trinajstić information content (AvgIpc) is 1.79. The molecule has 2 unspecified atom stereocenters. The van der Waals surface area contributed by atoms with Crippen molar-refractivity contribution in [1.82, 2.24) is 0 Å². The Morgan fingerprint density at radius 2 is 0.474 bits per heavy atom. The monoisotopic (exact) mass is 1420 g/mol. The molecule has 19 heteroatoms. The van der Waals surface area contributed by atoms with Gasteiger partial charge in [0.25, 0.3) is 0 Å². The largest absolute Gasteiger partial charge is 0.472 e. The maximum absolute atomic E-state index is 13.1. The van der Waals surface area contributed by atoms with Gasteiger partial charge < -0.3 is 33.8 Å². The number of unbranched alkanes of at least 4 members (excludes halogenated alkanes) is 50. The summed E-state index contributed by atoms with van der Waals surface area (Å²) in [6.07, 6.45) is 61.0. The van der Waals surface area contributed by atoms with Gasteiger partial charge in [0.2, 0.25) is 0 Å². The maximum atomic E-state index is 13.1. The first-order valence-corrected chi connectivity index (χ1v) is 43.6. The van der Waals surface area contributed by atoms with E-state index in [0.717, 1.165) is 95.8 Å². The van der Waals surface area contributed by atoms with E-state index in [1.807, 2.05) is 0 Å². The molecular weight excluding hydrogens is 1270 g/mol. The molecule has 0 bridgehead atoms. The van der Waals surface area contributed by atoms with E-state index in [4.69, 9.17) is 37.0 Å². The number of carbonyl (C=O) groups excluding carboxylic acids is 4. The summed E-state index contributed by atoms with van der Waals surface area (Å²) in [4.78, 5) is 72.9. The molecule has 0 aromatic carbocycles. The lowest BCUT2D eigenvalue weighted by Gasteiger charge is -2.21. The van der Waals surface area contributed by atoms with Gasteiger partial charge in [0, 0.05) is 25.7 Å². The molecule has 0 saturated heterocycles. The number of hydrogen-bond donors (Lipinski definition) is 3. The summed E-state index contributed by atoms with van der Waals surface area (Å²) in [5, 5.41) is 10.6. The van der Waals surface area contributed by atoms with Gasteiger partial charge in [-0.05, 0) is 31.6 Å². The van der Waals surface area contributed by atoms with E-state index in [9.17, 15) is 43.2 Å². The van der Waals surface area contributed by atoms with Crippen molar-refractivity contribution in [2.24, 2.45) is 5.92 Å². The lowest BCUT2D eigenvalue weighted by atomic mass is 10.0. The first kappa shape index (κ1) is 95.1. The van der Waals surface area contributed by atoms with Crippen molar-refractivity contribution in [3.8, 4) is 0 Å². The third-order valence-electron chi connectivity index (χ3n) is 18.3. The number of aliphatic hydroxyl groups is 1. The molecule has 0 aliphatic carbocycles. The second kappa shape index (κ2) is 71.1. The van der Waals surface area contributed by atoms with Crippen molar-refractivity contribution in [2.45, 2.75) is 432 Å². The number of aliphatic hydroxyl groups excluding tert-OH is 1. The van der Waals surface area contributed by atoms with Crippen LogP contribution in [0, 0.1) is 5.92 Å². The summed E-state index contributed by atoms with van der Waals surface area (Å²) in [7, 11) is -9.91. The highest BCUT2D eigenvalue weighted by Gasteiger charge is 2.30. The molecule has 0 fully saturated rings. The zero-order valence-corrected chi connectivity index (χ0v) is 65.0. The van der Waals surface area contributed by atoms with Crippen LogP contribution in [0.15, 0.2) is 0 Å². The fraction of sp³-hybridized carbons (Fsp3) is 0.949. The summed E-state index contributed by atoms with van der Waals surface area (Å²) < 4.78 is 68.6. The van der Waals surface area contributed by atoms with E-state index in [-0.39, 0.29) is 25.7 Å². The standard InChI is InChI=1S/C78H152O17P2/c1-6-9-12-15-18-21-24-26-27-28-29-30-31-32-34-38-44-49-54-59-64-78(83)95-74(68-89-76(81)62-57-52-47-42-39-35-36-40-45-50-55-60-71(4)5)70-93-97(86,87)91-66-72(79)65-90-96(84,85)92-69-73(67-88-75(80)61-56-51-46-41-23-20-17-14-11-8-3)94-77(82)63-58-53-48-43-37-33-25-22-19-16-13-10-7-2/h71-74,79H,6-70H2,1-5H3,(H,84,85)(H,86,87)/t72-,73+,74+/m0/s1. The Balaban J connectivity index is 5.22. The zero-order chi connectivity index (χ0) is 71.2. The summed E-state index contributed by atoms with van der Waals surface area (Å²) in [6, 6.07) is 0. The van der Waals surface area contributed by atoms with E-state index in [1.165, 1.54) is 238 Å². The quantitative estimate of drug-likeness (QED) is 0.0222. The Labute approximate surface area is 594 Å². The Hall–Kier alpha value is -1.94. The lowest BCUT2D eigenvalue weighted by Crippen LogP contribution is -2.30. The van der Waals surface area contributed by atoms with Gasteiger partial charge in [0.1, 0.15) is 19.3 Å². The third-order valence-corrected chi connectivity index (χ3v) is 20.2. The Morgan fingerprint density at radius 1 is 0.278 bits per heavy atom. The first-order valence-electron chi connectivity index (χ1n) is 40.6. The predicted molar refractivity (Wildman–Crippen MR) is 395 cm³/mol. The van der Waals surface area contributed by atoms with Gasteiger partial charge in [-0.2, -0.15) is 0 Å². The molecule has 0 aromatic rings. The number of phosphoric acid groups is 2. The minimum atomic E-state index is -4.96. The normalized spacial score (nSPS) is 13.9. The van der Waals surface area contributed by atoms with Crippen molar-refractivity contribution in [2.75, 3.05) is 39.6 Å². The molecule has 0 rings (SSSR count). The molecular formula is C78H152O17P2. The number of ether oxygens (including phenoxy) is 4. The number of phosphoric ester groups is 2. The maximum Gasteiger partial charge on any atom is 0.472 e. The van der Waals surface area contributed by atoms with Crippen LogP contribution in [-0.4, -0.2) is 96.7 Å². The molecule has 0 heterocycles. The minimum absolute atomic E-state index is 0.108. The topological polar surface area (TPSA) is 237 Å². The summed E-state index contributed by atoms with van der Waals surface area (Å²) in [6.45, 7) is 7.31. The van der Waals surface area contributed by atoms with Crippen LogP contribution in [0.2, 0.25) is 0 Å².